The van der Waals surface area contributed by atoms with Crippen molar-refractivity contribution < 1.29 is 9.59 Å². The summed E-state index contributed by atoms with van der Waals surface area (Å²) in [5.74, 6) is 0.166. The average Bonchev–Trinajstić information content (AvgIpc) is 3.19. The van der Waals surface area contributed by atoms with E-state index < -0.39 is 0 Å². The summed E-state index contributed by atoms with van der Waals surface area (Å²) in [5.41, 5.74) is 4.04. The van der Waals surface area contributed by atoms with Gasteiger partial charge in [0.25, 0.3) is 0 Å². The Bertz CT molecular complexity index is 791. The van der Waals surface area contributed by atoms with Crippen molar-refractivity contribution in [3.8, 4) is 0 Å². The molecule has 1 fully saturated rings. The zero-order chi connectivity index (χ0) is 17.4. The summed E-state index contributed by atoms with van der Waals surface area (Å²) in [6.45, 7) is 3.34. The lowest BCUT2D eigenvalue weighted by Gasteiger charge is -2.22. The highest BCUT2D eigenvalue weighted by Gasteiger charge is 2.28. The first kappa shape index (κ1) is 15.7. The van der Waals surface area contributed by atoms with Crippen molar-refractivity contribution in [2.75, 3.05) is 10.2 Å². The molecule has 1 saturated heterocycles. The van der Waals surface area contributed by atoms with E-state index in [9.17, 15) is 9.59 Å². The van der Waals surface area contributed by atoms with Crippen molar-refractivity contribution in [3.05, 3.63) is 59.7 Å². The first-order valence-electron chi connectivity index (χ1n) is 8.66. The van der Waals surface area contributed by atoms with Gasteiger partial charge in [-0.25, -0.2) is 4.79 Å². The van der Waals surface area contributed by atoms with Gasteiger partial charge < -0.3 is 15.1 Å². The number of amides is 3. The van der Waals surface area contributed by atoms with Gasteiger partial charge >= 0.3 is 6.03 Å². The van der Waals surface area contributed by atoms with Crippen molar-refractivity contribution in [1.82, 2.24) is 4.90 Å². The number of rotatable bonds is 2. The molecule has 2 heterocycles. The maximum atomic E-state index is 12.5. The SMILES string of the molecule is C[C@@H]1CCC(=O)N1c1ccc(NC(=O)N2Cc3ccccc3C2)cc1. The number of benzene rings is 2. The largest absolute Gasteiger partial charge is 0.322 e. The molecule has 0 aromatic heterocycles. The van der Waals surface area contributed by atoms with Gasteiger partial charge in [-0.05, 0) is 48.7 Å². The summed E-state index contributed by atoms with van der Waals surface area (Å²) in [6, 6.07) is 15.8. The molecule has 1 N–H and O–H groups in total. The van der Waals surface area contributed by atoms with Gasteiger partial charge in [-0.3, -0.25) is 4.79 Å². The van der Waals surface area contributed by atoms with E-state index in [2.05, 4.69) is 24.4 Å². The van der Waals surface area contributed by atoms with Gasteiger partial charge in [-0.2, -0.15) is 0 Å². The van der Waals surface area contributed by atoms with Crippen molar-refractivity contribution in [2.24, 2.45) is 0 Å². The van der Waals surface area contributed by atoms with E-state index >= 15 is 0 Å². The molecule has 5 nitrogen and oxygen atoms in total. The maximum absolute atomic E-state index is 12.5. The number of urea groups is 1. The summed E-state index contributed by atoms with van der Waals surface area (Å²) in [6.07, 6.45) is 1.50. The summed E-state index contributed by atoms with van der Waals surface area (Å²) < 4.78 is 0. The fourth-order valence-corrected chi connectivity index (χ4v) is 3.61. The Hall–Kier alpha value is -2.82. The Morgan fingerprint density at radius 1 is 1.04 bits per heavy atom. The van der Waals surface area contributed by atoms with Gasteiger partial charge in [-0.15, -0.1) is 0 Å². The highest BCUT2D eigenvalue weighted by molar-refractivity contribution is 5.96. The topological polar surface area (TPSA) is 52.7 Å². The number of nitrogens with one attached hydrogen (secondary N) is 1. The van der Waals surface area contributed by atoms with Crippen molar-refractivity contribution >= 4 is 23.3 Å². The van der Waals surface area contributed by atoms with Crippen LogP contribution in [-0.4, -0.2) is 22.9 Å². The third-order valence-corrected chi connectivity index (χ3v) is 5.01. The first-order chi connectivity index (χ1) is 12.1. The summed E-state index contributed by atoms with van der Waals surface area (Å²) in [7, 11) is 0. The molecule has 0 aliphatic carbocycles. The standard InChI is InChI=1S/C20H21N3O2/c1-14-6-11-19(24)23(14)18-9-7-17(8-10-18)21-20(25)22-12-15-4-2-3-5-16(15)13-22/h2-5,7-10,14H,6,11-13H2,1H3,(H,21,25)/t14-/m1/s1. The minimum Gasteiger partial charge on any atom is -0.316 e. The van der Waals surface area contributed by atoms with Crippen LogP contribution in [-0.2, 0) is 17.9 Å². The number of carbonyl (C=O) groups excluding carboxylic acids is 2. The Labute approximate surface area is 147 Å². The molecular weight excluding hydrogens is 314 g/mol. The van der Waals surface area contributed by atoms with Crippen molar-refractivity contribution in [2.45, 2.75) is 38.9 Å². The van der Waals surface area contributed by atoms with Crippen molar-refractivity contribution in [1.29, 1.82) is 0 Å². The fraction of sp³-hybridized carbons (Fsp3) is 0.300. The summed E-state index contributed by atoms with van der Waals surface area (Å²) >= 11 is 0. The lowest BCUT2D eigenvalue weighted by Crippen LogP contribution is -2.31. The van der Waals surface area contributed by atoms with E-state index in [1.54, 1.807) is 4.90 Å². The number of fused-ring (bicyclic) bond motifs is 1. The smallest absolute Gasteiger partial charge is 0.316 e. The predicted octanol–water partition coefficient (Wildman–Crippen LogP) is 3.75. The molecule has 128 valence electrons. The van der Waals surface area contributed by atoms with Crippen LogP contribution >= 0.6 is 0 Å². The maximum Gasteiger partial charge on any atom is 0.322 e. The molecule has 0 radical (unpaired) electrons. The molecule has 3 amide bonds. The Morgan fingerprint density at radius 3 is 2.24 bits per heavy atom. The zero-order valence-corrected chi connectivity index (χ0v) is 14.2. The number of carbonyl (C=O) groups is 2. The van der Waals surface area contributed by atoms with Crippen LogP contribution in [0.1, 0.15) is 30.9 Å². The van der Waals surface area contributed by atoms with Gasteiger partial charge in [0.05, 0.1) is 0 Å². The van der Waals surface area contributed by atoms with E-state index in [4.69, 9.17) is 0 Å². The summed E-state index contributed by atoms with van der Waals surface area (Å²) in [5, 5.41) is 2.94. The summed E-state index contributed by atoms with van der Waals surface area (Å²) in [4.78, 5) is 28.1. The van der Waals surface area contributed by atoms with Crippen LogP contribution in [0.3, 0.4) is 0 Å². The molecule has 0 saturated carbocycles. The lowest BCUT2D eigenvalue weighted by molar-refractivity contribution is -0.117. The van der Waals surface area contributed by atoms with Crippen LogP contribution < -0.4 is 10.2 Å². The van der Waals surface area contributed by atoms with Crippen LogP contribution in [0.25, 0.3) is 0 Å². The molecule has 2 aromatic carbocycles. The molecule has 0 spiro atoms. The van der Waals surface area contributed by atoms with E-state index in [0.29, 0.717) is 19.5 Å². The van der Waals surface area contributed by atoms with Crippen LogP contribution in [0.15, 0.2) is 48.5 Å². The number of anilines is 2. The lowest BCUT2D eigenvalue weighted by atomic mass is 10.1. The van der Waals surface area contributed by atoms with E-state index in [-0.39, 0.29) is 18.0 Å². The molecule has 0 unspecified atom stereocenters. The molecule has 4 rings (SSSR count). The Morgan fingerprint density at radius 2 is 1.68 bits per heavy atom. The Balaban J connectivity index is 1.42. The number of hydrogen-bond acceptors (Lipinski definition) is 2. The number of hydrogen-bond donors (Lipinski definition) is 1. The molecule has 2 aliphatic rings. The normalized spacial score (nSPS) is 19.2. The second-order valence-electron chi connectivity index (χ2n) is 6.75. The second-order valence-corrected chi connectivity index (χ2v) is 6.75. The zero-order valence-electron chi connectivity index (χ0n) is 14.2. The minimum atomic E-state index is -0.102. The van der Waals surface area contributed by atoms with Crippen molar-refractivity contribution in [3.63, 3.8) is 0 Å². The molecule has 25 heavy (non-hydrogen) atoms. The van der Waals surface area contributed by atoms with Crippen LogP contribution in [0, 0.1) is 0 Å². The molecule has 2 aromatic rings. The molecule has 0 bridgehead atoms. The van der Waals surface area contributed by atoms with Crippen LogP contribution in [0.4, 0.5) is 16.2 Å². The van der Waals surface area contributed by atoms with Gasteiger partial charge in [0.2, 0.25) is 5.91 Å². The fourth-order valence-electron chi connectivity index (χ4n) is 3.61. The number of nitrogens with zero attached hydrogens (tertiary/aromatic N) is 2. The third-order valence-electron chi connectivity index (χ3n) is 5.01. The molecule has 2 aliphatic heterocycles. The Kier molecular flexibility index (Phi) is 3.92. The monoisotopic (exact) mass is 335 g/mol. The molecule has 1 atom stereocenters. The van der Waals surface area contributed by atoms with Crippen LogP contribution in [0.2, 0.25) is 0 Å². The first-order valence-corrected chi connectivity index (χ1v) is 8.66. The minimum absolute atomic E-state index is 0.102. The predicted molar refractivity (Wildman–Crippen MR) is 97.3 cm³/mol. The van der Waals surface area contributed by atoms with Gasteiger partial charge in [-0.1, -0.05) is 24.3 Å². The van der Waals surface area contributed by atoms with Crippen LogP contribution in [0.5, 0.6) is 0 Å². The quantitative estimate of drug-likeness (QED) is 0.909. The molecule has 5 heteroatoms. The van der Waals surface area contributed by atoms with Gasteiger partial charge in [0, 0.05) is 36.9 Å². The van der Waals surface area contributed by atoms with E-state index in [1.807, 2.05) is 41.3 Å². The highest BCUT2D eigenvalue weighted by atomic mass is 16.2. The third kappa shape index (κ3) is 2.97. The average molecular weight is 335 g/mol. The second kappa shape index (κ2) is 6.24. The van der Waals surface area contributed by atoms with Gasteiger partial charge in [0.15, 0.2) is 0 Å². The van der Waals surface area contributed by atoms with E-state index in [0.717, 1.165) is 17.8 Å². The van der Waals surface area contributed by atoms with E-state index in [1.165, 1.54) is 11.1 Å². The van der Waals surface area contributed by atoms with Gasteiger partial charge in [0.1, 0.15) is 0 Å². The molecular formula is C20H21N3O2. The highest BCUT2D eigenvalue weighted by Crippen LogP contribution is 2.28.